The van der Waals surface area contributed by atoms with E-state index in [0.29, 0.717) is 12.6 Å². The van der Waals surface area contributed by atoms with E-state index in [1.807, 2.05) is 60.7 Å². The molecule has 2 aromatic rings. The Morgan fingerprint density at radius 2 is 1.32 bits per heavy atom. The van der Waals surface area contributed by atoms with E-state index in [9.17, 15) is 5.11 Å². The molecule has 100 valence electrons. The fourth-order valence-corrected chi connectivity index (χ4v) is 2.24. The van der Waals surface area contributed by atoms with E-state index in [-0.39, 0.29) is 0 Å². The van der Waals surface area contributed by atoms with Gasteiger partial charge in [0.1, 0.15) is 6.54 Å². The lowest BCUT2D eigenvalue weighted by Crippen LogP contribution is -2.91. The van der Waals surface area contributed by atoms with Crippen molar-refractivity contribution in [1.29, 1.82) is 0 Å². The molecular weight excluding hydrogens is 234 g/mol. The van der Waals surface area contributed by atoms with Crippen LogP contribution < -0.4 is 5.32 Å². The summed E-state index contributed by atoms with van der Waals surface area (Å²) >= 11 is 0. The first-order valence-corrected chi connectivity index (χ1v) is 6.79. The average Bonchev–Trinajstić information content (AvgIpc) is 2.46. The maximum Gasteiger partial charge on any atom is 0.163 e. The van der Waals surface area contributed by atoms with Gasteiger partial charge >= 0.3 is 0 Å². The van der Waals surface area contributed by atoms with E-state index in [4.69, 9.17) is 0 Å². The van der Waals surface area contributed by atoms with Crippen molar-refractivity contribution in [2.75, 3.05) is 6.54 Å². The highest BCUT2D eigenvalue weighted by atomic mass is 16.3. The summed E-state index contributed by atoms with van der Waals surface area (Å²) in [6, 6.07) is 20.2. The van der Waals surface area contributed by atoms with Crippen LogP contribution in [0.2, 0.25) is 0 Å². The highest BCUT2D eigenvalue weighted by molar-refractivity contribution is 5.35. The van der Waals surface area contributed by atoms with Gasteiger partial charge < -0.3 is 10.4 Å². The Balaban J connectivity index is 2.39. The molecule has 2 heteroatoms. The van der Waals surface area contributed by atoms with Gasteiger partial charge in [-0.3, -0.25) is 0 Å². The number of nitrogens with two attached hydrogens (primary N) is 1. The molecule has 2 aromatic carbocycles. The SMILES string of the molecule is CC(C)[NH2+]CC(O)(c1ccccc1)c1ccccc1. The molecular formula is C17H22NO+. The molecule has 0 aliphatic carbocycles. The van der Waals surface area contributed by atoms with Crippen LogP contribution in [0.1, 0.15) is 25.0 Å². The summed E-state index contributed by atoms with van der Waals surface area (Å²) in [7, 11) is 0. The maximum atomic E-state index is 11.2. The molecule has 0 saturated heterocycles. The lowest BCUT2D eigenvalue weighted by atomic mass is 9.86. The molecule has 0 amide bonds. The van der Waals surface area contributed by atoms with Crippen LogP contribution in [-0.4, -0.2) is 17.7 Å². The van der Waals surface area contributed by atoms with Crippen molar-refractivity contribution in [3.05, 3.63) is 71.8 Å². The normalized spacial score (nSPS) is 11.8. The zero-order valence-electron chi connectivity index (χ0n) is 11.6. The predicted octanol–water partition coefficient (Wildman–Crippen LogP) is 1.89. The van der Waals surface area contributed by atoms with Crippen LogP contribution >= 0.6 is 0 Å². The van der Waals surface area contributed by atoms with E-state index in [0.717, 1.165) is 11.1 Å². The highest BCUT2D eigenvalue weighted by Crippen LogP contribution is 2.27. The Labute approximate surface area is 115 Å². The molecule has 0 atom stereocenters. The fraction of sp³-hybridized carbons (Fsp3) is 0.294. The van der Waals surface area contributed by atoms with Crippen LogP contribution in [0, 0.1) is 0 Å². The molecule has 0 spiro atoms. The van der Waals surface area contributed by atoms with Crippen molar-refractivity contribution >= 4 is 0 Å². The van der Waals surface area contributed by atoms with Crippen LogP contribution in [0.3, 0.4) is 0 Å². The van der Waals surface area contributed by atoms with E-state index < -0.39 is 5.60 Å². The molecule has 0 aliphatic heterocycles. The van der Waals surface area contributed by atoms with Gasteiger partial charge in [0.25, 0.3) is 0 Å². The third-order valence-electron chi connectivity index (χ3n) is 3.39. The third-order valence-corrected chi connectivity index (χ3v) is 3.39. The van der Waals surface area contributed by atoms with Crippen molar-refractivity contribution in [2.24, 2.45) is 0 Å². The first-order chi connectivity index (χ1) is 9.13. The molecule has 0 heterocycles. The summed E-state index contributed by atoms with van der Waals surface area (Å²) in [5.41, 5.74) is 0.948. The van der Waals surface area contributed by atoms with Crippen LogP contribution in [0.5, 0.6) is 0 Å². The molecule has 0 saturated carbocycles. The molecule has 0 fully saturated rings. The van der Waals surface area contributed by atoms with Gasteiger partial charge in [0.05, 0.1) is 6.04 Å². The van der Waals surface area contributed by atoms with Crippen LogP contribution in [0.4, 0.5) is 0 Å². The standard InChI is InChI=1S/C17H21NO/c1-14(2)18-13-17(19,15-9-5-3-6-10-15)16-11-7-4-8-12-16/h3-12,14,18-19H,13H2,1-2H3/p+1. The number of benzene rings is 2. The van der Waals surface area contributed by atoms with Crippen molar-refractivity contribution in [2.45, 2.75) is 25.5 Å². The van der Waals surface area contributed by atoms with Gasteiger partial charge in [-0.25, -0.2) is 0 Å². The monoisotopic (exact) mass is 256 g/mol. The van der Waals surface area contributed by atoms with Gasteiger partial charge in [0, 0.05) is 0 Å². The second kappa shape index (κ2) is 6.00. The summed E-state index contributed by atoms with van der Waals surface area (Å²) < 4.78 is 0. The average molecular weight is 256 g/mol. The molecule has 2 nitrogen and oxygen atoms in total. The van der Waals surface area contributed by atoms with Gasteiger partial charge in [-0.15, -0.1) is 0 Å². The lowest BCUT2D eigenvalue weighted by molar-refractivity contribution is -0.693. The smallest absolute Gasteiger partial charge is 0.163 e. The summed E-state index contributed by atoms with van der Waals surface area (Å²) in [6.07, 6.45) is 0. The van der Waals surface area contributed by atoms with E-state index in [1.165, 1.54) is 0 Å². The van der Waals surface area contributed by atoms with Crippen LogP contribution in [-0.2, 0) is 5.60 Å². The van der Waals surface area contributed by atoms with Crippen molar-refractivity contribution in [1.82, 2.24) is 0 Å². The van der Waals surface area contributed by atoms with Gasteiger partial charge in [0.15, 0.2) is 5.60 Å². The molecule has 0 bridgehead atoms. The van der Waals surface area contributed by atoms with Gasteiger partial charge in [-0.2, -0.15) is 0 Å². The van der Waals surface area contributed by atoms with E-state index in [1.54, 1.807) is 0 Å². The third kappa shape index (κ3) is 3.22. The number of hydrogen-bond donors (Lipinski definition) is 2. The lowest BCUT2D eigenvalue weighted by Gasteiger charge is -2.28. The van der Waals surface area contributed by atoms with E-state index in [2.05, 4.69) is 19.2 Å². The first-order valence-electron chi connectivity index (χ1n) is 6.79. The van der Waals surface area contributed by atoms with Crippen molar-refractivity contribution in [3.8, 4) is 0 Å². The maximum absolute atomic E-state index is 11.2. The molecule has 2 rings (SSSR count). The minimum Gasteiger partial charge on any atom is -0.375 e. The summed E-state index contributed by atoms with van der Waals surface area (Å²) in [4.78, 5) is 0. The van der Waals surface area contributed by atoms with Gasteiger partial charge in [-0.1, -0.05) is 60.7 Å². The highest BCUT2D eigenvalue weighted by Gasteiger charge is 2.33. The Kier molecular flexibility index (Phi) is 4.35. The second-order valence-electron chi connectivity index (χ2n) is 5.28. The second-order valence-corrected chi connectivity index (χ2v) is 5.28. The number of quaternary nitrogens is 1. The Morgan fingerprint density at radius 3 is 1.68 bits per heavy atom. The largest absolute Gasteiger partial charge is 0.375 e. The Morgan fingerprint density at radius 1 is 0.895 bits per heavy atom. The zero-order valence-corrected chi connectivity index (χ0v) is 11.6. The molecule has 0 unspecified atom stereocenters. The Bertz CT molecular complexity index is 454. The number of rotatable bonds is 5. The number of hydrogen-bond acceptors (Lipinski definition) is 1. The predicted molar refractivity (Wildman–Crippen MR) is 77.8 cm³/mol. The summed E-state index contributed by atoms with van der Waals surface area (Å²) in [5.74, 6) is 0. The van der Waals surface area contributed by atoms with E-state index >= 15 is 0 Å². The minimum absolute atomic E-state index is 0.457. The van der Waals surface area contributed by atoms with Crippen molar-refractivity contribution in [3.63, 3.8) is 0 Å². The fourth-order valence-electron chi connectivity index (χ4n) is 2.24. The van der Waals surface area contributed by atoms with Crippen LogP contribution in [0.15, 0.2) is 60.7 Å². The van der Waals surface area contributed by atoms with Crippen LogP contribution in [0.25, 0.3) is 0 Å². The quantitative estimate of drug-likeness (QED) is 0.842. The molecule has 0 radical (unpaired) electrons. The minimum atomic E-state index is -0.938. The topological polar surface area (TPSA) is 36.8 Å². The van der Waals surface area contributed by atoms with Crippen molar-refractivity contribution < 1.29 is 10.4 Å². The molecule has 3 N–H and O–H groups in total. The van der Waals surface area contributed by atoms with Gasteiger partial charge in [-0.05, 0) is 25.0 Å². The number of aliphatic hydroxyl groups is 1. The molecule has 19 heavy (non-hydrogen) atoms. The molecule has 0 aliphatic rings. The first kappa shape index (κ1) is 13.8. The zero-order chi connectivity index (χ0) is 13.7. The van der Waals surface area contributed by atoms with Gasteiger partial charge in [0.2, 0.25) is 0 Å². The summed E-state index contributed by atoms with van der Waals surface area (Å²) in [6.45, 7) is 4.89. The molecule has 0 aromatic heterocycles. The summed E-state index contributed by atoms with van der Waals surface area (Å²) in [5, 5.41) is 13.3. The Hall–Kier alpha value is -1.64.